The van der Waals surface area contributed by atoms with Gasteiger partial charge in [-0.05, 0) is 32.8 Å². The monoisotopic (exact) mass is 510 g/mol. The quantitative estimate of drug-likeness (QED) is 0.220. The van der Waals surface area contributed by atoms with Gasteiger partial charge in [0, 0.05) is 39.1 Å². The van der Waals surface area contributed by atoms with Crippen molar-refractivity contribution in [2.45, 2.75) is 40.0 Å². The van der Waals surface area contributed by atoms with E-state index in [-0.39, 0.29) is 29.7 Å². The van der Waals surface area contributed by atoms with Crippen LogP contribution in [0.15, 0.2) is 29.3 Å². The van der Waals surface area contributed by atoms with Crippen LogP contribution in [0.3, 0.4) is 0 Å². The molecule has 1 rings (SSSR count). The van der Waals surface area contributed by atoms with Gasteiger partial charge in [-0.2, -0.15) is 0 Å². The molecule has 8 heteroatoms. The molecule has 6 nitrogen and oxygen atoms in total. The van der Waals surface area contributed by atoms with Crippen molar-refractivity contribution in [1.82, 2.24) is 14.9 Å². The van der Waals surface area contributed by atoms with E-state index in [1.165, 1.54) is 15.4 Å². The number of hydrogen-bond acceptors (Lipinski definition) is 3. The zero-order valence-corrected chi connectivity index (χ0v) is 20.3. The highest BCUT2D eigenvalue weighted by atomic mass is 127. The summed E-state index contributed by atoms with van der Waals surface area (Å²) in [4.78, 5) is 4.66. The molecule has 27 heavy (non-hydrogen) atoms. The van der Waals surface area contributed by atoms with Gasteiger partial charge in [0.2, 0.25) is 10.0 Å². The second-order valence-corrected chi connectivity index (χ2v) is 8.90. The van der Waals surface area contributed by atoms with Crippen molar-refractivity contribution >= 4 is 40.0 Å². The minimum absolute atomic E-state index is 0. The molecule has 0 bridgehead atoms. The number of hydrogen-bond donors (Lipinski definition) is 2. The maximum atomic E-state index is 11.7. The lowest BCUT2D eigenvalue weighted by molar-refractivity contribution is 0.461. The third kappa shape index (κ3) is 9.75. The maximum absolute atomic E-state index is 11.7. The Bertz CT molecular complexity index is 663. The van der Waals surface area contributed by atoms with E-state index in [1.54, 1.807) is 14.0 Å². The average molecular weight is 510 g/mol. The van der Waals surface area contributed by atoms with E-state index in [1.807, 2.05) is 6.92 Å². The van der Waals surface area contributed by atoms with Gasteiger partial charge < -0.3 is 10.6 Å². The standard InChI is InChI=1S/C19H34N4O2S.HI/c1-6-20-19(21-13-8-14-23(5)26(24,25)7-2)22-15-17(4)18-11-9-16(3)10-12-18;/h9-12,17H,6-8,13-15H2,1-5H3,(H2,20,21,22);1H. The summed E-state index contributed by atoms with van der Waals surface area (Å²) in [6.45, 7) is 10.6. The number of sulfonamides is 1. The summed E-state index contributed by atoms with van der Waals surface area (Å²) in [6, 6.07) is 8.56. The number of nitrogens with zero attached hydrogens (tertiary/aromatic N) is 2. The largest absolute Gasteiger partial charge is 0.357 e. The highest BCUT2D eigenvalue weighted by Gasteiger charge is 2.14. The Labute approximate surface area is 182 Å². The molecule has 156 valence electrons. The Morgan fingerprint density at radius 2 is 1.81 bits per heavy atom. The van der Waals surface area contributed by atoms with Crippen molar-refractivity contribution < 1.29 is 8.42 Å². The van der Waals surface area contributed by atoms with Crippen molar-refractivity contribution in [2.24, 2.45) is 4.99 Å². The van der Waals surface area contributed by atoms with E-state index in [0.29, 0.717) is 25.6 Å². The Kier molecular flexibility index (Phi) is 12.9. The minimum Gasteiger partial charge on any atom is -0.357 e. The predicted molar refractivity (Wildman–Crippen MR) is 126 cm³/mol. The Hall–Kier alpha value is -0.870. The summed E-state index contributed by atoms with van der Waals surface area (Å²) in [5.41, 5.74) is 2.54. The lowest BCUT2D eigenvalue weighted by atomic mass is 10.0. The second kappa shape index (κ2) is 13.3. The van der Waals surface area contributed by atoms with Crippen LogP contribution in [-0.2, 0) is 10.0 Å². The number of halogens is 1. The molecule has 1 atom stereocenters. The van der Waals surface area contributed by atoms with Gasteiger partial charge in [-0.3, -0.25) is 4.99 Å². The minimum atomic E-state index is -3.10. The van der Waals surface area contributed by atoms with Crippen molar-refractivity contribution in [3.05, 3.63) is 35.4 Å². The van der Waals surface area contributed by atoms with E-state index in [0.717, 1.165) is 18.9 Å². The zero-order valence-electron chi connectivity index (χ0n) is 17.2. The number of benzene rings is 1. The molecule has 0 aliphatic rings. The molecule has 0 aliphatic heterocycles. The first-order valence-electron chi connectivity index (χ1n) is 9.32. The van der Waals surface area contributed by atoms with E-state index in [2.05, 4.69) is 53.7 Å². The van der Waals surface area contributed by atoms with Crippen molar-refractivity contribution in [3.63, 3.8) is 0 Å². The second-order valence-electron chi connectivity index (χ2n) is 6.53. The van der Waals surface area contributed by atoms with Crippen LogP contribution in [0.1, 0.15) is 44.2 Å². The van der Waals surface area contributed by atoms with Gasteiger partial charge in [0.25, 0.3) is 0 Å². The molecular formula is C19H35IN4O2S. The SMILES string of the molecule is CCNC(=NCC(C)c1ccc(C)cc1)NCCCN(C)S(=O)(=O)CC.I. The van der Waals surface area contributed by atoms with Gasteiger partial charge in [-0.15, -0.1) is 24.0 Å². The molecule has 0 radical (unpaired) electrons. The number of rotatable bonds is 10. The molecule has 0 saturated heterocycles. The Morgan fingerprint density at radius 3 is 2.37 bits per heavy atom. The average Bonchev–Trinajstić information content (AvgIpc) is 2.63. The molecule has 1 aromatic carbocycles. The summed E-state index contributed by atoms with van der Waals surface area (Å²) < 4.78 is 24.9. The van der Waals surface area contributed by atoms with Gasteiger partial charge >= 0.3 is 0 Å². The van der Waals surface area contributed by atoms with Crippen LogP contribution in [0.25, 0.3) is 0 Å². The molecule has 1 aromatic rings. The molecule has 0 heterocycles. The first kappa shape index (κ1) is 26.1. The van der Waals surface area contributed by atoms with Crippen LogP contribution in [0.5, 0.6) is 0 Å². The Balaban J connectivity index is 0.00000676. The summed E-state index contributed by atoms with van der Waals surface area (Å²) in [5, 5.41) is 6.51. The molecule has 0 aliphatic carbocycles. The highest BCUT2D eigenvalue weighted by Crippen LogP contribution is 2.15. The number of nitrogens with one attached hydrogen (secondary N) is 2. The van der Waals surface area contributed by atoms with Crippen LogP contribution >= 0.6 is 24.0 Å². The van der Waals surface area contributed by atoms with E-state index in [9.17, 15) is 8.42 Å². The molecule has 0 saturated carbocycles. The lowest BCUT2D eigenvalue weighted by Crippen LogP contribution is -2.39. The summed E-state index contributed by atoms with van der Waals surface area (Å²) in [5.74, 6) is 1.25. The summed E-state index contributed by atoms with van der Waals surface area (Å²) >= 11 is 0. The molecule has 0 amide bonds. The van der Waals surface area contributed by atoms with Gasteiger partial charge in [0.1, 0.15) is 0 Å². The van der Waals surface area contributed by atoms with Crippen LogP contribution in [0.4, 0.5) is 0 Å². The fourth-order valence-electron chi connectivity index (χ4n) is 2.44. The molecule has 0 fully saturated rings. The fraction of sp³-hybridized carbons (Fsp3) is 0.632. The summed E-state index contributed by atoms with van der Waals surface area (Å²) in [7, 11) is -1.48. The number of aliphatic imine (C=N–C) groups is 1. The van der Waals surface area contributed by atoms with Crippen LogP contribution in [-0.4, -0.2) is 57.7 Å². The summed E-state index contributed by atoms with van der Waals surface area (Å²) in [6.07, 6.45) is 0.730. The molecular weight excluding hydrogens is 475 g/mol. The maximum Gasteiger partial charge on any atom is 0.213 e. The molecule has 2 N–H and O–H groups in total. The smallest absolute Gasteiger partial charge is 0.213 e. The third-order valence-electron chi connectivity index (χ3n) is 4.30. The lowest BCUT2D eigenvalue weighted by Gasteiger charge is -2.17. The zero-order chi connectivity index (χ0) is 19.6. The van der Waals surface area contributed by atoms with Gasteiger partial charge in [-0.25, -0.2) is 12.7 Å². The Morgan fingerprint density at radius 1 is 1.19 bits per heavy atom. The number of guanidine groups is 1. The van der Waals surface area contributed by atoms with E-state index >= 15 is 0 Å². The van der Waals surface area contributed by atoms with Gasteiger partial charge in [-0.1, -0.05) is 36.8 Å². The molecule has 0 aromatic heterocycles. The number of aryl methyl sites for hydroxylation is 1. The van der Waals surface area contributed by atoms with Crippen molar-refractivity contribution in [2.75, 3.05) is 39.0 Å². The van der Waals surface area contributed by atoms with Crippen LogP contribution < -0.4 is 10.6 Å². The van der Waals surface area contributed by atoms with Crippen LogP contribution in [0, 0.1) is 6.92 Å². The van der Waals surface area contributed by atoms with Crippen molar-refractivity contribution in [3.8, 4) is 0 Å². The predicted octanol–water partition coefficient (Wildman–Crippen LogP) is 2.94. The topological polar surface area (TPSA) is 73.8 Å². The van der Waals surface area contributed by atoms with Crippen molar-refractivity contribution in [1.29, 1.82) is 0 Å². The molecule has 1 unspecified atom stereocenters. The van der Waals surface area contributed by atoms with E-state index < -0.39 is 10.0 Å². The normalized spacial score (nSPS) is 13.2. The van der Waals surface area contributed by atoms with Crippen LogP contribution in [0.2, 0.25) is 0 Å². The van der Waals surface area contributed by atoms with Gasteiger partial charge in [0.05, 0.1) is 5.75 Å². The molecule has 0 spiro atoms. The van der Waals surface area contributed by atoms with E-state index in [4.69, 9.17) is 0 Å². The first-order valence-corrected chi connectivity index (χ1v) is 10.9. The third-order valence-corrected chi connectivity index (χ3v) is 6.16. The highest BCUT2D eigenvalue weighted by molar-refractivity contribution is 14.0. The fourth-order valence-corrected chi connectivity index (χ4v) is 3.29. The van der Waals surface area contributed by atoms with Gasteiger partial charge in [0.15, 0.2) is 5.96 Å². The first-order chi connectivity index (χ1) is 12.3.